The van der Waals surface area contributed by atoms with Crippen LogP contribution in [0.15, 0.2) is 24.3 Å². The molecule has 0 fully saturated rings. The van der Waals surface area contributed by atoms with E-state index in [2.05, 4.69) is 20.5 Å². The number of aromatic nitrogens is 4. The van der Waals surface area contributed by atoms with Gasteiger partial charge in [0.05, 0.1) is 11.6 Å². The van der Waals surface area contributed by atoms with Crippen LogP contribution in [0.3, 0.4) is 0 Å². The van der Waals surface area contributed by atoms with Crippen molar-refractivity contribution in [2.45, 2.75) is 19.4 Å². The van der Waals surface area contributed by atoms with Gasteiger partial charge in [-0.2, -0.15) is 4.98 Å². The standard InChI is InChI=1S/C14H17N5O/c1-9(20)7-8-15-14-16-13-12(17-18-14)10-5-3-4-6-11(10)19(13)2/h3-6,9,20H,7-8H2,1-2H3,(H,15,16,18)/t9-/m0/s1. The lowest BCUT2D eigenvalue weighted by Crippen LogP contribution is -2.12. The first-order valence-electron chi connectivity index (χ1n) is 6.66. The summed E-state index contributed by atoms with van der Waals surface area (Å²) < 4.78 is 2.01. The Morgan fingerprint density at radius 1 is 1.30 bits per heavy atom. The number of aliphatic hydroxyl groups is 1. The zero-order valence-corrected chi connectivity index (χ0v) is 11.5. The van der Waals surface area contributed by atoms with E-state index in [0.717, 1.165) is 22.1 Å². The number of aryl methyl sites for hydroxylation is 1. The van der Waals surface area contributed by atoms with Crippen molar-refractivity contribution in [2.24, 2.45) is 7.05 Å². The molecular weight excluding hydrogens is 254 g/mol. The summed E-state index contributed by atoms with van der Waals surface area (Å²) >= 11 is 0. The third-order valence-electron chi connectivity index (χ3n) is 3.35. The Labute approximate surface area is 116 Å². The van der Waals surface area contributed by atoms with Gasteiger partial charge in [-0.1, -0.05) is 18.2 Å². The summed E-state index contributed by atoms with van der Waals surface area (Å²) in [6.45, 7) is 2.38. The highest BCUT2D eigenvalue weighted by atomic mass is 16.3. The molecule has 6 nitrogen and oxygen atoms in total. The average molecular weight is 271 g/mol. The SMILES string of the molecule is C[C@H](O)CCNc1nnc2c3ccccc3n(C)c2n1. The number of hydrogen-bond donors (Lipinski definition) is 2. The molecular formula is C14H17N5O. The van der Waals surface area contributed by atoms with E-state index in [1.165, 1.54) is 0 Å². The van der Waals surface area contributed by atoms with Crippen LogP contribution in [0.5, 0.6) is 0 Å². The van der Waals surface area contributed by atoms with Gasteiger partial charge in [0.1, 0.15) is 5.52 Å². The normalized spacial score (nSPS) is 12.9. The summed E-state index contributed by atoms with van der Waals surface area (Å²) in [5.41, 5.74) is 2.70. The van der Waals surface area contributed by atoms with E-state index in [-0.39, 0.29) is 6.10 Å². The van der Waals surface area contributed by atoms with E-state index in [1.54, 1.807) is 6.92 Å². The number of hydrogen-bond acceptors (Lipinski definition) is 5. The van der Waals surface area contributed by atoms with Gasteiger partial charge in [-0.25, -0.2) is 0 Å². The van der Waals surface area contributed by atoms with Gasteiger partial charge in [-0.05, 0) is 19.4 Å². The van der Waals surface area contributed by atoms with E-state index in [9.17, 15) is 5.11 Å². The maximum Gasteiger partial charge on any atom is 0.244 e. The number of nitrogens with one attached hydrogen (secondary N) is 1. The Balaban J connectivity index is 1.99. The second-order valence-electron chi connectivity index (χ2n) is 4.95. The molecule has 1 atom stereocenters. The molecule has 0 aliphatic carbocycles. The van der Waals surface area contributed by atoms with E-state index >= 15 is 0 Å². The number of rotatable bonds is 4. The Hall–Kier alpha value is -2.21. The first kappa shape index (κ1) is 12.8. The van der Waals surface area contributed by atoms with Gasteiger partial charge < -0.3 is 15.0 Å². The molecule has 0 saturated heterocycles. The van der Waals surface area contributed by atoms with Crippen molar-refractivity contribution < 1.29 is 5.11 Å². The molecule has 3 aromatic rings. The van der Waals surface area contributed by atoms with Crippen LogP contribution >= 0.6 is 0 Å². The highest BCUT2D eigenvalue weighted by Gasteiger charge is 2.11. The molecule has 2 heterocycles. The number of nitrogens with zero attached hydrogens (tertiary/aromatic N) is 4. The van der Waals surface area contributed by atoms with Crippen molar-refractivity contribution in [2.75, 3.05) is 11.9 Å². The van der Waals surface area contributed by atoms with Gasteiger partial charge in [0.25, 0.3) is 0 Å². The van der Waals surface area contributed by atoms with Crippen molar-refractivity contribution in [3.63, 3.8) is 0 Å². The van der Waals surface area contributed by atoms with Gasteiger partial charge in [0.15, 0.2) is 5.65 Å². The van der Waals surface area contributed by atoms with Crippen molar-refractivity contribution in [1.82, 2.24) is 19.7 Å². The first-order valence-corrected chi connectivity index (χ1v) is 6.66. The third-order valence-corrected chi connectivity index (χ3v) is 3.35. The van der Waals surface area contributed by atoms with Gasteiger partial charge in [-0.15, -0.1) is 10.2 Å². The van der Waals surface area contributed by atoms with Crippen LogP contribution in [0.25, 0.3) is 22.1 Å². The lowest BCUT2D eigenvalue weighted by molar-refractivity contribution is 0.188. The number of fused-ring (bicyclic) bond motifs is 3. The third kappa shape index (κ3) is 2.18. The molecule has 0 unspecified atom stereocenters. The summed E-state index contributed by atoms with van der Waals surface area (Å²) in [4.78, 5) is 4.51. The van der Waals surface area contributed by atoms with Crippen molar-refractivity contribution in [3.8, 4) is 0 Å². The van der Waals surface area contributed by atoms with Gasteiger partial charge in [0, 0.05) is 19.0 Å². The molecule has 0 spiro atoms. The summed E-state index contributed by atoms with van der Waals surface area (Å²) in [6.07, 6.45) is 0.313. The molecule has 20 heavy (non-hydrogen) atoms. The molecule has 2 N–H and O–H groups in total. The predicted molar refractivity (Wildman–Crippen MR) is 78.6 cm³/mol. The summed E-state index contributed by atoms with van der Waals surface area (Å²) in [5.74, 6) is 0.490. The second-order valence-corrected chi connectivity index (χ2v) is 4.95. The van der Waals surface area contributed by atoms with Crippen LogP contribution in [0.1, 0.15) is 13.3 Å². The maximum atomic E-state index is 9.24. The molecule has 0 radical (unpaired) electrons. The van der Waals surface area contributed by atoms with Crippen molar-refractivity contribution >= 4 is 28.0 Å². The topological polar surface area (TPSA) is 75.9 Å². The minimum absolute atomic E-state index is 0.336. The fourth-order valence-electron chi connectivity index (χ4n) is 2.27. The summed E-state index contributed by atoms with van der Waals surface area (Å²) in [7, 11) is 1.97. The molecule has 0 bridgehead atoms. The molecule has 3 rings (SSSR count). The minimum atomic E-state index is -0.336. The molecule has 2 aromatic heterocycles. The summed E-state index contributed by atoms with van der Waals surface area (Å²) in [5, 5.41) is 21.7. The Kier molecular flexibility index (Phi) is 3.23. The molecule has 0 saturated carbocycles. The zero-order valence-electron chi connectivity index (χ0n) is 11.5. The van der Waals surface area contributed by atoms with Crippen LogP contribution in [-0.4, -0.2) is 37.5 Å². The minimum Gasteiger partial charge on any atom is -0.393 e. The molecule has 1 aromatic carbocycles. The highest BCUT2D eigenvalue weighted by molar-refractivity contribution is 6.04. The monoisotopic (exact) mass is 271 g/mol. The van der Waals surface area contributed by atoms with Crippen LogP contribution in [0, 0.1) is 0 Å². The lowest BCUT2D eigenvalue weighted by Gasteiger charge is -2.05. The van der Waals surface area contributed by atoms with Crippen molar-refractivity contribution in [3.05, 3.63) is 24.3 Å². The first-order chi connectivity index (χ1) is 9.66. The van der Waals surface area contributed by atoms with Crippen molar-refractivity contribution in [1.29, 1.82) is 0 Å². The van der Waals surface area contributed by atoms with E-state index in [0.29, 0.717) is 18.9 Å². The van der Waals surface area contributed by atoms with Crippen LogP contribution in [0.4, 0.5) is 5.95 Å². The Morgan fingerprint density at radius 3 is 2.90 bits per heavy atom. The van der Waals surface area contributed by atoms with Gasteiger partial charge in [0.2, 0.25) is 5.95 Å². The summed E-state index contributed by atoms with van der Waals surface area (Å²) in [6, 6.07) is 8.04. The fraction of sp³-hybridized carbons (Fsp3) is 0.357. The average Bonchev–Trinajstić information content (AvgIpc) is 2.73. The fourth-order valence-corrected chi connectivity index (χ4v) is 2.27. The zero-order chi connectivity index (χ0) is 14.1. The second kappa shape index (κ2) is 5.05. The quantitative estimate of drug-likeness (QED) is 0.755. The van der Waals surface area contributed by atoms with E-state index in [4.69, 9.17) is 0 Å². The van der Waals surface area contributed by atoms with Crippen LogP contribution < -0.4 is 5.32 Å². The number of aliphatic hydroxyl groups excluding tert-OH is 1. The van der Waals surface area contributed by atoms with Gasteiger partial charge >= 0.3 is 0 Å². The van der Waals surface area contributed by atoms with E-state index in [1.807, 2.05) is 35.9 Å². The van der Waals surface area contributed by atoms with Crippen LogP contribution in [-0.2, 0) is 7.05 Å². The Morgan fingerprint density at radius 2 is 2.10 bits per heavy atom. The molecule has 0 amide bonds. The smallest absolute Gasteiger partial charge is 0.244 e. The molecule has 104 valence electrons. The number of para-hydroxylation sites is 1. The van der Waals surface area contributed by atoms with Gasteiger partial charge in [-0.3, -0.25) is 0 Å². The number of benzene rings is 1. The molecule has 0 aliphatic heterocycles. The molecule has 6 heteroatoms. The predicted octanol–water partition coefficient (Wildman–Crippen LogP) is 1.70. The molecule has 0 aliphatic rings. The Bertz CT molecular complexity index is 750. The van der Waals surface area contributed by atoms with E-state index < -0.39 is 0 Å². The highest BCUT2D eigenvalue weighted by Crippen LogP contribution is 2.24. The lowest BCUT2D eigenvalue weighted by atomic mass is 10.2. The van der Waals surface area contributed by atoms with Crippen LogP contribution in [0.2, 0.25) is 0 Å². The number of anilines is 1. The largest absolute Gasteiger partial charge is 0.393 e. The maximum absolute atomic E-state index is 9.24.